The summed E-state index contributed by atoms with van der Waals surface area (Å²) in [5.41, 5.74) is 1.39. The number of carbonyl (C=O) groups is 1. The van der Waals surface area contributed by atoms with Crippen LogP contribution in [0.4, 0.5) is 0 Å². The topological polar surface area (TPSA) is 61.0 Å². The van der Waals surface area contributed by atoms with Crippen molar-refractivity contribution in [3.05, 3.63) is 30.0 Å². The number of aromatic nitrogens is 2. The summed E-state index contributed by atoms with van der Waals surface area (Å²) in [5.74, 6) is -0.0783. The molecule has 2 N–H and O–H groups in total. The lowest BCUT2D eigenvalue weighted by Crippen LogP contribution is -2.47. The first-order valence-corrected chi connectivity index (χ1v) is 7.24. The van der Waals surface area contributed by atoms with Crippen LogP contribution in [0, 0.1) is 0 Å². The van der Waals surface area contributed by atoms with Crippen LogP contribution >= 0.6 is 0 Å². The van der Waals surface area contributed by atoms with Gasteiger partial charge in [-0.15, -0.1) is 0 Å². The Morgan fingerprint density at radius 1 is 1.50 bits per heavy atom. The summed E-state index contributed by atoms with van der Waals surface area (Å²) < 4.78 is 0. The molecule has 0 spiro atoms. The van der Waals surface area contributed by atoms with E-state index in [0.29, 0.717) is 5.69 Å². The van der Waals surface area contributed by atoms with E-state index < -0.39 is 0 Å². The number of nitrogens with zero attached hydrogens (tertiary/aromatic N) is 2. The molecule has 106 valence electrons. The van der Waals surface area contributed by atoms with E-state index in [1.54, 1.807) is 0 Å². The summed E-state index contributed by atoms with van der Waals surface area (Å²) in [7, 11) is 0. The third-order valence-corrected chi connectivity index (χ3v) is 3.97. The van der Waals surface area contributed by atoms with Crippen LogP contribution in [-0.4, -0.2) is 46.7 Å². The molecule has 1 aromatic heterocycles. The quantitative estimate of drug-likeness (QED) is 0.895. The number of piperidine rings is 1. The molecule has 1 unspecified atom stereocenters. The Kier molecular flexibility index (Phi) is 3.69. The van der Waals surface area contributed by atoms with Crippen LogP contribution in [0.5, 0.6) is 0 Å². The lowest BCUT2D eigenvalue weighted by atomic mass is 10.1. The Balaban J connectivity index is 1.73. The van der Waals surface area contributed by atoms with E-state index in [4.69, 9.17) is 0 Å². The number of H-pyrrole nitrogens is 1. The molecule has 5 nitrogen and oxygen atoms in total. The van der Waals surface area contributed by atoms with E-state index in [-0.39, 0.29) is 11.9 Å². The van der Waals surface area contributed by atoms with Gasteiger partial charge in [-0.1, -0.05) is 25.1 Å². The Morgan fingerprint density at radius 2 is 2.35 bits per heavy atom. The third kappa shape index (κ3) is 2.54. The average Bonchev–Trinajstić information content (AvgIpc) is 2.91. The predicted octanol–water partition coefficient (Wildman–Crippen LogP) is 1.78. The molecule has 20 heavy (non-hydrogen) atoms. The molecule has 0 bridgehead atoms. The monoisotopic (exact) mass is 272 g/mol. The van der Waals surface area contributed by atoms with Crippen molar-refractivity contribution in [2.45, 2.75) is 25.8 Å². The van der Waals surface area contributed by atoms with Crippen molar-refractivity contribution >= 4 is 16.8 Å². The number of nitrogens with one attached hydrogen (secondary N) is 2. The van der Waals surface area contributed by atoms with Gasteiger partial charge < -0.3 is 10.2 Å². The minimum Gasteiger partial charge on any atom is -0.347 e. The second-order valence-electron chi connectivity index (χ2n) is 5.32. The number of likely N-dealkylation sites (tertiary alicyclic amines) is 1. The number of hydrogen-bond donors (Lipinski definition) is 2. The summed E-state index contributed by atoms with van der Waals surface area (Å²) in [5, 5.41) is 11.1. The molecule has 5 heteroatoms. The van der Waals surface area contributed by atoms with Crippen molar-refractivity contribution in [1.29, 1.82) is 0 Å². The predicted molar refractivity (Wildman–Crippen MR) is 78.7 cm³/mol. The molecule has 1 saturated heterocycles. The minimum atomic E-state index is -0.0783. The lowest BCUT2D eigenvalue weighted by molar-refractivity contribution is 0.0902. The maximum Gasteiger partial charge on any atom is 0.272 e. The summed E-state index contributed by atoms with van der Waals surface area (Å²) in [6.45, 7) is 5.27. The molecule has 1 fully saturated rings. The molecule has 3 rings (SSSR count). The van der Waals surface area contributed by atoms with Gasteiger partial charge >= 0.3 is 0 Å². The van der Waals surface area contributed by atoms with E-state index in [1.807, 2.05) is 24.3 Å². The molecule has 1 aromatic carbocycles. The highest BCUT2D eigenvalue weighted by Crippen LogP contribution is 2.16. The molecule has 1 aliphatic rings. The molecular formula is C15H20N4O. The number of carbonyl (C=O) groups excluding carboxylic acids is 1. The number of aromatic amines is 1. The van der Waals surface area contributed by atoms with Gasteiger partial charge in [-0.3, -0.25) is 9.89 Å². The van der Waals surface area contributed by atoms with Gasteiger partial charge in [-0.25, -0.2) is 0 Å². The van der Waals surface area contributed by atoms with Gasteiger partial charge in [0.2, 0.25) is 0 Å². The zero-order chi connectivity index (χ0) is 13.9. The Hall–Kier alpha value is -1.88. The number of fused-ring (bicyclic) bond motifs is 1. The van der Waals surface area contributed by atoms with E-state index in [0.717, 1.165) is 43.4 Å². The fourth-order valence-electron chi connectivity index (χ4n) is 2.85. The van der Waals surface area contributed by atoms with Gasteiger partial charge in [0.05, 0.1) is 5.52 Å². The summed E-state index contributed by atoms with van der Waals surface area (Å²) >= 11 is 0. The first-order chi connectivity index (χ1) is 9.78. The number of para-hydroxylation sites is 1. The summed E-state index contributed by atoms with van der Waals surface area (Å²) in [6.07, 6.45) is 2.19. The van der Waals surface area contributed by atoms with Gasteiger partial charge in [0.25, 0.3) is 5.91 Å². The van der Waals surface area contributed by atoms with Crippen LogP contribution in [0.2, 0.25) is 0 Å². The average molecular weight is 272 g/mol. The smallest absolute Gasteiger partial charge is 0.272 e. The van der Waals surface area contributed by atoms with Gasteiger partial charge in [0.15, 0.2) is 5.69 Å². The van der Waals surface area contributed by atoms with Crippen molar-refractivity contribution in [3.63, 3.8) is 0 Å². The normalized spacial score (nSPS) is 20.1. The molecule has 0 aliphatic carbocycles. The first-order valence-electron chi connectivity index (χ1n) is 7.24. The second-order valence-corrected chi connectivity index (χ2v) is 5.32. The molecule has 2 heterocycles. The summed E-state index contributed by atoms with van der Waals surface area (Å²) in [4.78, 5) is 14.7. The third-order valence-electron chi connectivity index (χ3n) is 3.97. The fourth-order valence-corrected chi connectivity index (χ4v) is 2.85. The van der Waals surface area contributed by atoms with Crippen molar-refractivity contribution in [2.75, 3.05) is 19.6 Å². The SMILES string of the molecule is CCN1CCCC(NC(=O)c2n[nH]c3ccccc23)C1. The number of benzene rings is 1. The van der Waals surface area contributed by atoms with Gasteiger partial charge in [0, 0.05) is 18.0 Å². The van der Waals surface area contributed by atoms with E-state index in [1.165, 1.54) is 0 Å². The number of amides is 1. The zero-order valence-electron chi connectivity index (χ0n) is 11.7. The minimum absolute atomic E-state index is 0.0783. The maximum absolute atomic E-state index is 12.4. The highest BCUT2D eigenvalue weighted by Gasteiger charge is 2.22. The maximum atomic E-state index is 12.4. The van der Waals surface area contributed by atoms with Crippen molar-refractivity contribution < 1.29 is 4.79 Å². The molecular weight excluding hydrogens is 252 g/mol. The van der Waals surface area contributed by atoms with Crippen molar-refractivity contribution in [1.82, 2.24) is 20.4 Å². The number of hydrogen-bond acceptors (Lipinski definition) is 3. The highest BCUT2D eigenvalue weighted by molar-refractivity contribution is 6.04. The zero-order valence-corrected chi connectivity index (χ0v) is 11.7. The molecule has 2 aromatic rings. The van der Waals surface area contributed by atoms with E-state index in [2.05, 4.69) is 27.3 Å². The van der Waals surface area contributed by atoms with E-state index >= 15 is 0 Å². The molecule has 1 aliphatic heterocycles. The molecule has 0 radical (unpaired) electrons. The standard InChI is InChI=1S/C15H20N4O/c1-2-19-9-5-6-11(10-19)16-15(20)14-12-7-3-4-8-13(12)17-18-14/h3-4,7-8,11H,2,5-6,9-10H2,1H3,(H,16,20)(H,17,18). The Labute approximate surface area is 118 Å². The summed E-state index contributed by atoms with van der Waals surface area (Å²) in [6, 6.07) is 7.94. The van der Waals surface area contributed by atoms with Crippen LogP contribution in [0.15, 0.2) is 24.3 Å². The molecule has 1 atom stereocenters. The first kappa shape index (κ1) is 13.1. The second kappa shape index (κ2) is 5.63. The molecule has 0 saturated carbocycles. The molecule has 1 amide bonds. The van der Waals surface area contributed by atoms with Crippen molar-refractivity contribution in [2.24, 2.45) is 0 Å². The number of rotatable bonds is 3. The Bertz CT molecular complexity index is 607. The van der Waals surface area contributed by atoms with E-state index in [9.17, 15) is 4.79 Å². The largest absolute Gasteiger partial charge is 0.347 e. The Morgan fingerprint density at radius 3 is 3.20 bits per heavy atom. The highest BCUT2D eigenvalue weighted by atomic mass is 16.2. The van der Waals surface area contributed by atoms with Gasteiger partial charge in [-0.05, 0) is 32.0 Å². The van der Waals surface area contributed by atoms with Crippen LogP contribution in [0.3, 0.4) is 0 Å². The van der Waals surface area contributed by atoms with Crippen LogP contribution < -0.4 is 5.32 Å². The van der Waals surface area contributed by atoms with Crippen LogP contribution in [0.1, 0.15) is 30.3 Å². The van der Waals surface area contributed by atoms with Gasteiger partial charge in [0.1, 0.15) is 0 Å². The number of likely N-dealkylation sites (N-methyl/N-ethyl adjacent to an activating group) is 1. The van der Waals surface area contributed by atoms with Crippen LogP contribution in [0.25, 0.3) is 10.9 Å². The van der Waals surface area contributed by atoms with Crippen LogP contribution in [-0.2, 0) is 0 Å². The van der Waals surface area contributed by atoms with Gasteiger partial charge in [-0.2, -0.15) is 5.10 Å². The lowest BCUT2D eigenvalue weighted by Gasteiger charge is -2.32. The van der Waals surface area contributed by atoms with Crippen molar-refractivity contribution in [3.8, 4) is 0 Å². The fraction of sp³-hybridized carbons (Fsp3) is 0.467.